The fourth-order valence-electron chi connectivity index (χ4n) is 4.31. The maximum atomic E-state index is 13.3. The zero-order chi connectivity index (χ0) is 23.8. The fraction of sp³-hybridized carbons (Fsp3) is 0.360. The summed E-state index contributed by atoms with van der Waals surface area (Å²) in [6.07, 6.45) is 7.18. The number of carbonyl (C=O) groups excluding carboxylic acids is 3. The predicted molar refractivity (Wildman–Crippen MR) is 125 cm³/mol. The molecule has 34 heavy (non-hydrogen) atoms. The van der Waals surface area contributed by atoms with Gasteiger partial charge in [0.1, 0.15) is 12.0 Å². The number of anilines is 1. The fourth-order valence-corrected chi connectivity index (χ4v) is 4.31. The largest absolute Gasteiger partial charge is 0.355 e. The maximum Gasteiger partial charge on any atom is 0.231 e. The molecule has 9 heteroatoms. The summed E-state index contributed by atoms with van der Waals surface area (Å²) >= 11 is 0. The van der Waals surface area contributed by atoms with Crippen molar-refractivity contribution >= 4 is 34.7 Å². The van der Waals surface area contributed by atoms with Crippen LogP contribution < -0.4 is 10.6 Å². The van der Waals surface area contributed by atoms with Gasteiger partial charge >= 0.3 is 0 Å². The van der Waals surface area contributed by atoms with Crippen molar-refractivity contribution in [2.24, 2.45) is 10.9 Å². The van der Waals surface area contributed by atoms with E-state index in [0.717, 1.165) is 5.57 Å². The van der Waals surface area contributed by atoms with Crippen molar-refractivity contribution < 1.29 is 18.8 Å². The lowest BCUT2D eigenvalue weighted by atomic mass is 10.00. The van der Waals surface area contributed by atoms with Crippen LogP contribution in [0.4, 0.5) is 10.1 Å². The van der Waals surface area contributed by atoms with Crippen molar-refractivity contribution in [3.63, 3.8) is 0 Å². The topological polar surface area (TPSA) is 107 Å². The predicted octanol–water partition coefficient (Wildman–Crippen LogP) is 2.79. The SMILES string of the molecule is CCC(=O)N1CC(=O)c2c([nH]c(C3=CC(NC(=O)[C@@H]4C[C@@H]4F)=NCC3)c2NC2=C=C=CC=C2)C1. The third-order valence-electron chi connectivity index (χ3n) is 6.20. The summed E-state index contributed by atoms with van der Waals surface area (Å²) in [6.45, 7) is 2.53. The number of H-pyrrole nitrogens is 1. The number of hydrogen-bond acceptors (Lipinski definition) is 5. The minimum atomic E-state index is -1.09. The minimum absolute atomic E-state index is 0.0177. The number of hydrogen-bond donors (Lipinski definition) is 3. The molecule has 3 N–H and O–H groups in total. The van der Waals surface area contributed by atoms with Gasteiger partial charge < -0.3 is 20.5 Å². The average molecular weight is 461 g/mol. The van der Waals surface area contributed by atoms with Crippen LogP contribution in [0.3, 0.4) is 0 Å². The first-order chi connectivity index (χ1) is 16.4. The number of amidine groups is 1. The molecule has 174 valence electrons. The van der Waals surface area contributed by atoms with Gasteiger partial charge in [0.05, 0.1) is 41.6 Å². The summed E-state index contributed by atoms with van der Waals surface area (Å²) in [6, 6.07) is 0. The third-order valence-corrected chi connectivity index (χ3v) is 6.20. The Bertz CT molecular complexity index is 1290. The number of nitrogens with zero attached hydrogens (tertiary/aromatic N) is 2. The Balaban J connectivity index is 1.51. The molecule has 2 aliphatic carbocycles. The Morgan fingerprint density at radius 2 is 2.18 bits per heavy atom. The Kier molecular flexibility index (Phi) is 5.65. The second kappa shape index (κ2) is 8.78. The number of fused-ring (bicyclic) bond motifs is 1. The number of aliphatic imine (C=N–C) groups is 1. The molecule has 3 heterocycles. The highest BCUT2D eigenvalue weighted by atomic mass is 19.1. The molecule has 8 nitrogen and oxygen atoms in total. The standard InChI is InChI=1S/C25H24FN5O3/c1-2-21(33)31-12-18-22(19(32)13-31)24(28-15-6-4-3-5-7-15)23(29-18)14-8-9-27-20(10-14)30-25(34)16-11-17(16)26/h3-4,6,10,16-17,28-29H,2,8-9,11-13H2,1H3,(H,27,30,34)/t16-,17+/m1/s1. The van der Waals surface area contributed by atoms with Gasteiger partial charge in [-0.05, 0) is 42.4 Å². The molecule has 0 radical (unpaired) electrons. The quantitative estimate of drug-likeness (QED) is 0.586. The highest BCUT2D eigenvalue weighted by Crippen LogP contribution is 2.37. The zero-order valence-corrected chi connectivity index (χ0v) is 18.7. The van der Waals surface area contributed by atoms with Gasteiger partial charge in [0.25, 0.3) is 0 Å². The highest BCUT2D eigenvalue weighted by Gasteiger charge is 2.44. The van der Waals surface area contributed by atoms with E-state index < -0.39 is 12.1 Å². The van der Waals surface area contributed by atoms with Gasteiger partial charge in [-0.3, -0.25) is 19.4 Å². The number of nitrogens with one attached hydrogen (secondary N) is 3. The van der Waals surface area contributed by atoms with Crippen LogP contribution >= 0.6 is 0 Å². The summed E-state index contributed by atoms with van der Waals surface area (Å²) in [4.78, 5) is 46.9. The molecule has 5 rings (SSSR count). The first kappa shape index (κ1) is 21.9. The summed E-state index contributed by atoms with van der Waals surface area (Å²) in [5.41, 5.74) is 9.84. The number of amides is 2. The number of carbonyl (C=O) groups is 3. The molecule has 4 aliphatic rings. The van der Waals surface area contributed by atoms with E-state index in [1.165, 1.54) is 0 Å². The lowest BCUT2D eigenvalue weighted by Crippen LogP contribution is -2.39. The van der Waals surface area contributed by atoms with E-state index in [1.807, 2.05) is 12.2 Å². The number of halogens is 1. The summed E-state index contributed by atoms with van der Waals surface area (Å²) < 4.78 is 13.3. The normalized spacial score (nSPS) is 22.6. The van der Waals surface area contributed by atoms with Crippen LogP contribution in [0, 0.1) is 5.92 Å². The highest BCUT2D eigenvalue weighted by molar-refractivity contribution is 6.12. The molecular weight excluding hydrogens is 437 g/mol. The molecule has 0 unspecified atom stereocenters. The molecule has 0 aromatic carbocycles. The van der Waals surface area contributed by atoms with Gasteiger partial charge in [0.15, 0.2) is 5.78 Å². The van der Waals surface area contributed by atoms with E-state index in [0.29, 0.717) is 60.1 Å². The maximum absolute atomic E-state index is 13.3. The first-order valence-corrected chi connectivity index (χ1v) is 11.4. The second-order valence-corrected chi connectivity index (χ2v) is 8.62. The van der Waals surface area contributed by atoms with Crippen LogP contribution in [0.1, 0.15) is 47.9 Å². The zero-order valence-electron chi connectivity index (χ0n) is 18.7. The van der Waals surface area contributed by atoms with E-state index in [4.69, 9.17) is 0 Å². The van der Waals surface area contributed by atoms with Crippen LogP contribution in [0.5, 0.6) is 0 Å². The number of allylic oxidation sites excluding steroid dienone is 3. The molecule has 0 saturated heterocycles. The molecule has 0 bridgehead atoms. The van der Waals surface area contributed by atoms with E-state index in [2.05, 4.69) is 32.1 Å². The van der Waals surface area contributed by atoms with Crippen molar-refractivity contribution in [2.45, 2.75) is 38.9 Å². The van der Waals surface area contributed by atoms with Crippen LogP contribution in [0.25, 0.3) is 5.57 Å². The number of Topliss-reactive ketones (excluding diaryl/α,β-unsaturated/α-hetero) is 1. The van der Waals surface area contributed by atoms with Gasteiger partial charge in [-0.25, -0.2) is 4.39 Å². The van der Waals surface area contributed by atoms with Crippen molar-refractivity contribution in [2.75, 3.05) is 18.4 Å². The van der Waals surface area contributed by atoms with Crippen molar-refractivity contribution in [3.8, 4) is 0 Å². The summed E-state index contributed by atoms with van der Waals surface area (Å²) in [7, 11) is 0. The van der Waals surface area contributed by atoms with Crippen LogP contribution in [0.15, 0.2) is 46.5 Å². The summed E-state index contributed by atoms with van der Waals surface area (Å²) in [5, 5.41) is 6.01. The van der Waals surface area contributed by atoms with Crippen molar-refractivity contribution in [1.29, 1.82) is 0 Å². The van der Waals surface area contributed by atoms with E-state index in [-0.39, 0.29) is 30.6 Å². The second-order valence-electron chi connectivity index (χ2n) is 8.62. The number of rotatable bonds is 5. The number of alkyl halides is 1. The first-order valence-electron chi connectivity index (χ1n) is 11.4. The molecule has 0 spiro atoms. The lowest BCUT2D eigenvalue weighted by molar-refractivity contribution is -0.131. The Hall–Kier alpha value is -3.93. The number of aromatic amines is 1. The Labute approximate surface area is 195 Å². The third kappa shape index (κ3) is 4.19. The summed E-state index contributed by atoms with van der Waals surface area (Å²) in [5.74, 6) is -0.852. The van der Waals surface area contributed by atoms with Gasteiger partial charge in [-0.15, -0.1) is 0 Å². The van der Waals surface area contributed by atoms with Gasteiger partial charge in [0.2, 0.25) is 11.8 Å². The number of dihydropyridines is 1. The van der Waals surface area contributed by atoms with Crippen molar-refractivity contribution in [1.82, 2.24) is 15.2 Å². The molecule has 2 amide bonds. The van der Waals surface area contributed by atoms with E-state index in [1.54, 1.807) is 24.0 Å². The van der Waals surface area contributed by atoms with Gasteiger partial charge in [0, 0.05) is 18.7 Å². The van der Waals surface area contributed by atoms with E-state index >= 15 is 0 Å². The average Bonchev–Trinajstić information content (AvgIpc) is 3.47. The van der Waals surface area contributed by atoms with Crippen LogP contribution in [-0.4, -0.2) is 52.6 Å². The molecule has 1 aromatic rings. The van der Waals surface area contributed by atoms with Crippen LogP contribution in [-0.2, 0) is 16.1 Å². The molecular formula is C25H24FN5O3. The monoisotopic (exact) mass is 461 g/mol. The van der Waals surface area contributed by atoms with E-state index in [9.17, 15) is 18.8 Å². The van der Waals surface area contributed by atoms with Gasteiger partial charge in [-0.2, -0.15) is 0 Å². The number of ketones is 1. The Morgan fingerprint density at radius 1 is 1.35 bits per heavy atom. The smallest absolute Gasteiger partial charge is 0.231 e. The van der Waals surface area contributed by atoms with Gasteiger partial charge in [-0.1, -0.05) is 18.7 Å². The molecule has 1 aromatic heterocycles. The lowest BCUT2D eigenvalue weighted by Gasteiger charge is -2.26. The minimum Gasteiger partial charge on any atom is -0.355 e. The molecule has 2 aliphatic heterocycles. The Morgan fingerprint density at radius 3 is 2.88 bits per heavy atom. The van der Waals surface area contributed by atoms with Crippen LogP contribution in [0.2, 0.25) is 0 Å². The molecule has 1 fully saturated rings. The number of aromatic nitrogens is 1. The van der Waals surface area contributed by atoms with Crippen molar-refractivity contribution in [3.05, 3.63) is 58.4 Å². The molecule has 2 atom stereocenters. The molecule has 1 saturated carbocycles.